The molecule has 3 heteroatoms. The van der Waals surface area contributed by atoms with E-state index in [9.17, 15) is 5.11 Å². The van der Waals surface area contributed by atoms with Gasteiger partial charge in [-0.25, -0.2) is 0 Å². The second-order valence-corrected chi connectivity index (χ2v) is 6.70. The second kappa shape index (κ2) is 12.4. The van der Waals surface area contributed by atoms with E-state index < -0.39 is 6.10 Å². The molecule has 1 saturated heterocycles. The number of ether oxygens (including phenoxy) is 1. The van der Waals surface area contributed by atoms with E-state index in [-0.39, 0.29) is 12.1 Å². The average Bonchev–Trinajstić information content (AvgIpc) is 2.80. The number of aliphatic hydroxyl groups excluding tert-OH is 1. The van der Waals surface area contributed by atoms with Gasteiger partial charge in [0.25, 0.3) is 0 Å². The Morgan fingerprint density at radius 1 is 0.857 bits per heavy atom. The van der Waals surface area contributed by atoms with Gasteiger partial charge in [-0.3, -0.25) is 0 Å². The molecule has 21 heavy (non-hydrogen) atoms. The normalized spacial score (nSPS) is 25.6. The molecule has 1 rings (SSSR count). The molecule has 0 saturated carbocycles. The van der Waals surface area contributed by atoms with Gasteiger partial charge in [0.1, 0.15) is 0 Å². The number of hydrogen-bond donors (Lipinski definition) is 2. The Morgan fingerprint density at radius 2 is 1.33 bits per heavy atom. The first kappa shape index (κ1) is 18.9. The fourth-order valence-corrected chi connectivity index (χ4v) is 3.15. The lowest BCUT2D eigenvalue weighted by Gasteiger charge is -2.14. The summed E-state index contributed by atoms with van der Waals surface area (Å²) in [6.45, 7) is 2.79. The van der Waals surface area contributed by atoms with Gasteiger partial charge in [-0.1, -0.05) is 84.0 Å². The number of rotatable bonds is 13. The van der Waals surface area contributed by atoms with Gasteiger partial charge in [0.05, 0.1) is 24.9 Å². The van der Waals surface area contributed by atoms with Crippen LogP contribution in [-0.2, 0) is 4.74 Å². The van der Waals surface area contributed by atoms with Crippen molar-refractivity contribution in [3.8, 4) is 0 Å². The van der Waals surface area contributed by atoms with E-state index >= 15 is 0 Å². The van der Waals surface area contributed by atoms with Crippen LogP contribution in [0.4, 0.5) is 0 Å². The van der Waals surface area contributed by atoms with Crippen LogP contribution in [0.5, 0.6) is 0 Å². The standard InChI is InChI=1S/C18H37NO2/c1-2-3-4-5-6-7-8-9-10-11-12-13-14-17-18(20)16(19)15-21-17/h16-18,20H,2-15,19H2,1H3/t16-,17?,18-/m0/s1. The monoisotopic (exact) mass is 299 g/mol. The molecule has 1 aliphatic heterocycles. The Bertz CT molecular complexity index is 235. The molecule has 0 radical (unpaired) electrons. The van der Waals surface area contributed by atoms with Gasteiger partial charge in [-0.2, -0.15) is 0 Å². The maximum Gasteiger partial charge on any atom is 0.0974 e. The van der Waals surface area contributed by atoms with E-state index in [1.54, 1.807) is 0 Å². The Labute approximate surface area is 131 Å². The number of unbranched alkanes of at least 4 members (excludes halogenated alkanes) is 11. The summed E-state index contributed by atoms with van der Waals surface area (Å²) in [4.78, 5) is 0. The molecular weight excluding hydrogens is 262 g/mol. The number of nitrogens with two attached hydrogens (primary N) is 1. The molecule has 126 valence electrons. The summed E-state index contributed by atoms with van der Waals surface area (Å²) in [5, 5.41) is 9.78. The lowest BCUT2D eigenvalue weighted by atomic mass is 10.0. The minimum atomic E-state index is -0.447. The molecule has 0 aromatic carbocycles. The first-order valence-corrected chi connectivity index (χ1v) is 9.31. The van der Waals surface area contributed by atoms with Crippen LogP contribution in [0, 0.1) is 0 Å². The minimum absolute atomic E-state index is 0.0110. The molecule has 0 amide bonds. The molecule has 0 bridgehead atoms. The molecule has 0 aromatic rings. The Balaban J connectivity index is 1.77. The summed E-state index contributed by atoms with van der Waals surface area (Å²) >= 11 is 0. The van der Waals surface area contributed by atoms with Crippen molar-refractivity contribution in [3.63, 3.8) is 0 Å². The zero-order valence-corrected chi connectivity index (χ0v) is 14.1. The third kappa shape index (κ3) is 8.80. The molecule has 0 aliphatic carbocycles. The largest absolute Gasteiger partial charge is 0.389 e. The summed E-state index contributed by atoms with van der Waals surface area (Å²) in [6.07, 6.45) is 16.9. The predicted molar refractivity (Wildman–Crippen MR) is 89.4 cm³/mol. The van der Waals surface area contributed by atoms with Crippen LogP contribution in [0.3, 0.4) is 0 Å². The van der Waals surface area contributed by atoms with Crippen LogP contribution >= 0.6 is 0 Å². The predicted octanol–water partition coefficient (Wildman–Crippen LogP) is 4.16. The highest BCUT2D eigenvalue weighted by molar-refractivity contribution is 4.85. The quantitative estimate of drug-likeness (QED) is 0.502. The summed E-state index contributed by atoms with van der Waals surface area (Å²) in [6, 6.07) is -0.174. The highest BCUT2D eigenvalue weighted by Crippen LogP contribution is 2.19. The Morgan fingerprint density at radius 3 is 1.76 bits per heavy atom. The summed E-state index contributed by atoms with van der Waals surface area (Å²) in [7, 11) is 0. The van der Waals surface area contributed by atoms with Crippen molar-refractivity contribution in [1.29, 1.82) is 0 Å². The Hall–Kier alpha value is -0.120. The number of hydrogen-bond acceptors (Lipinski definition) is 3. The molecule has 1 heterocycles. The molecule has 0 spiro atoms. The maximum atomic E-state index is 9.78. The summed E-state index contributed by atoms with van der Waals surface area (Å²) in [5.74, 6) is 0. The molecule has 3 nitrogen and oxygen atoms in total. The topological polar surface area (TPSA) is 55.5 Å². The zero-order valence-electron chi connectivity index (χ0n) is 14.1. The minimum Gasteiger partial charge on any atom is -0.389 e. The van der Waals surface area contributed by atoms with Gasteiger partial charge in [-0.15, -0.1) is 0 Å². The van der Waals surface area contributed by atoms with Gasteiger partial charge in [0, 0.05) is 0 Å². The van der Waals surface area contributed by atoms with Gasteiger partial charge in [0.15, 0.2) is 0 Å². The van der Waals surface area contributed by atoms with Gasteiger partial charge < -0.3 is 15.6 Å². The second-order valence-electron chi connectivity index (χ2n) is 6.70. The first-order chi connectivity index (χ1) is 10.3. The van der Waals surface area contributed by atoms with E-state index in [1.807, 2.05) is 0 Å². The van der Waals surface area contributed by atoms with Gasteiger partial charge in [0.2, 0.25) is 0 Å². The van der Waals surface area contributed by atoms with E-state index in [0.717, 1.165) is 12.8 Å². The van der Waals surface area contributed by atoms with Gasteiger partial charge >= 0.3 is 0 Å². The Kier molecular flexibility index (Phi) is 11.2. The molecule has 1 fully saturated rings. The first-order valence-electron chi connectivity index (χ1n) is 9.31. The molecular formula is C18H37NO2. The van der Waals surface area contributed by atoms with Crippen molar-refractivity contribution in [2.24, 2.45) is 5.73 Å². The smallest absolute Gasteiger partial charge is 0.0974 e. The molecule has 1 unspecified atom stereocenters. The lowest BCUT2D eigenvalue weighted by Crippen LogP contribution is -2.36. The van der Waals surface area contributed by atoms with Gasteiger partial charge in [-0.05, 0) is 6.42 Å². The zero-order chi connectivity index (χ0) is 15.3. The maximum absolute atomic E-state index is 9.78. The van der Waals surface area contributed by atoms with Crippen LogP contribution in [0.15, 0.2) is 0 Å². The van der Waals surface area contributed by atoms with E-state index in [2.05, 4.69) is 6.92 Å². The molecule has 3 atom stereocenters. The SMILES string of the molecule is CCCCCCCCCCCCCCC1OC[C@H](N)[C@@H]1O. The van der Waals surface area contributed by atoms with E-state index in [0.29, 0.717) is 6.61 Å². The van der Waals surface area contributed by atoms with Crippen molar-refractivity contribution >= 4 is 0 Å². The van der Waals surface area contributed by atoms with Crippen molar-refractivity contribution < 1.29 is 9.84 Å². The van der Waals surface area contributed by atoms with Crippen LogP contribution in [0.2, 0.25) is 0 Å². The van der Waals surface area contributed by atoms with Crippen LogP contribution < -0.4 is 5.73 Å². The van der Waals surface area contributed by atoms with Crippen molar-refractivity contribution in [2.45, 2.75) is 109 Å². The van der Waals surface area contributed by atoms with E-state index in [4.69, 9.17) is 10.5 Å². The third-order valence-corrected chi connectivity index (χ3v) is 4.66. The summed E-state index contributed by atoms with van der Waals surface area (Å²) < 4.78 is 5.50. The average molecular weight is 299 g/mol. The van der Waals surface area contributed by atoms with Crippen molar-refractivity contribution in [2.75, 3.05) is 6.61 Å². The highest BCUT2D eigenvalue weighted by Gasteiger charge is 2.32. The molecule has 3 N–H and O–H groups in total. The van der Waals surface area contributed by atoms with Crippen LogP contribution in [0.1, 0.15) is 90.4 Å². The fourth-order valence-electron chi connectivity index (χ4n) is 3.15. The fraction of sp³-hybridized carbons (Fsp3) is 1.00. The molecule has 0 aromatic heterocycles. The van der Waals surface area contributed by atoms with Crippen LogP contribution in [0.25, 0.3) is 0 Å². The van der Waals surface area contributed by atoms with Crippen molar-refractivity contribution in [1.82, 2.24) is 0 Å². The highest BCUT2D eigenvalue weighted by atomic mass is 16.5. The van der Waals surface area contributed by atoms with E-state index in [1.165, 1.54) is 70.6 Å². The number of aliphatic hydroxyl groups is 1. The van der Waals surface area contributed by atoms with Crippen molar-refractivity contribution in [3.05, 3.63) is 0 Å². The lowest BCUT2D eigenvalue weighted by molar-refractivity contribution is 0.0342. The van der Waals surface area contributed by atoms with Crippen LogP contribution in [-0.4, -0.2) is 30.0 Å². The summed E-state index contributed by atoms with van der Waals surface area (Å²) in [5.41, 5.74) is 5.73. The third-order valence-electron chi connectivity index (χ3n) is 4.66. The molecule has 1 aliphatic rings.